The summed E-state index contributed by atoms with van der Waals surface area (Å²) < 4.78 is 0. The predicted molar refractivity (Wildman–Crippen MR) is 137 cm³/mol. The molecule has 0 bridgehead atoms. The van der Waals surface area contributed by atoms with Crippen LogP contribution in [0.2, 0.25) is 5.02 Å². The standard InChI is InChI=1S/C22H21ClN4O2.C4H8O2/c1-13-12-27(9-8-25-13)22(29)16-6-7-17-18(23)11-19(26-20(17)10-16)14-2-4-15(5-3-14)21(24)28;1-2-3-4(5)6/h2-7,10-11,13,25H,8-9,12H2,1H3,(H2,24,28);2-3H2,1H3,(H,5,6)/t13-;/m0./s1. The summed E-state index contributed by atoms with van der Waals surface area (Å²) in [6, 6.07) is 14.3. The molecule has 9 heteroatoms. The summed E-state index contributed by atoms with van der Waals surface area (Å²) in [6.07, 6.45) is 1.02. The first-order valence-corrected chi connectivity index (χ1v) is 11.8. The first kappa shape index (κ1) is 26.1. The zero-order chi connectivity index (χ0) is 25.5. The molecule has 8 nitrogen and oxygen atoms in total. The van der Waals surface area contributed by atoms with Crippen molar-refractivity contribution >= 4 is 40.3 Å². The number of hydrogen-bond acceptors (Lipinski definition) is 5. The van der Waals surface area contributed by atoms with Gasteiger partial charge in [-0.25, -0.2) is 4.98 Å². The van der Waals surface area contributed by atoms with Gasteiger partial charge in [0, 0.05) is 54.2 Å². The third kappa shape index (κ3) is 6.77. The van der Waals surface area contributed by atoms with E-state index in [4.69, 9.17) is 27.4 Å². The van der Waals surface area contributed by atoms with Gasteiger partial charge in [0.15, 0.2) is 0 Å². The molecule has 2 aromatic carbocycles. The Morgan fingerprint density at radius 1 is 1.14 bits per heavy atom. The van der Waals surface area contributed by atoms with Crippen LogP contribution in [0.5, 0.6) is 0 Å². The second kappa shape index (κ2) is 11.8. The Morgan fingerprint density at radius 3 is 2.40 bits per heavy atom. The fraction of sp³-hybridized carbons (Fsp3) is 0.308. The van der Waals surface area contributed by atoms with Crippen LogP contribution in [0.1, 0.15) is 47.4 Å². The highest BCUT2D eigenvalue weighted by molar-refractivity contribution is 6.35. The Labute approximate surface area is 209 Å². The number of nitrogens with two attached hydrogens (primary N) is 1. The predicted octanol–water partition coefficient (Wildman–Crippen LogP) is 3.96. The second-order valence-electron chi connectivity index (χ2n) is 8.41. The number of carbonyl (C=O) groups excluding carboxylic acids is 2. The number of piperazine rings is 1. The second-order valence-corrected chi connectivity index (χ2v) is 8.82. The van der Waals surface area contributed by atoms with Crippen molar-refractivity contribution in [3.63, 3.8) is 0 Å². The molecule has 0 unspecified atom stereocenters. The highest BCUT2D eigenvalue weighted by Crippen LogP contribution is 2.29. The quantitative estimate of drug-likeness (QED) is 0.491. The molecule has 184 valence electrons. The van der Waals surface area contributed by atoms with E-state index in [2.05, 4.69) is 12.2 Å². The van der Waals surface area contributed by atoms with E-state index in [-0.39, 0.29) is 11.9 Å². The molecule has 4 rings (SSSR count). The smallest absolute Gasteiger partial charge is 0.303 e. The number of aromatic nitrogens is 1. The first-order chi connectivity index (χ1) is 16.7. The van der Waals surface area contributed by atoms with Crippen LogP contribution in [0.3, 0.4) is 0 Å². The van der Waals surface area contributed by atoms with Gasteiger partial charge < -0.3 is 21.1 Å². The number of nitrogens with one attached hydrogen (secondary N) is 1. The summed E-state index contributed by atoms with van der Waals surface area (Å²) in [5, 5.41) is 12.6. The number of carboxylic acids is 1. The van der Waals surface area contributed by atoms with Gasteiger partial charge in [-0.3, -0.25) is 14.4 Å². The summed E-state index contributed by atoms with van der Waals surface area (Å²) in [7, 11) is 0. The van der Waals surface area contributed by atoms with Crippen molar-refractivity contribution in [1.29, 1.82) is 0 Å². The normalized spacial score (nSPS) is 15.3. The molecule has 1 atom stereocenters. The van der Waals surface area contributed by atoms with Gasteiger partial charge in [0.25, 0.3) is 5.91 Å². The average Bonchev–Trinajstić information content (AvgIpc) is 2.83. The number of hydrogen-bond donors (Lipinski definition) is 3. The van der Waals surface area contributed by atoms with Gasteiger partial charge in [0.2, 0.25) is 5.91 Å². The maximum absolute atomic E-state index is 12.9. The number of benzene rings is 2. The van der Waals surface area contributed by atoms with Crippen molar-refractivity contribution in [3.8, 4) is 11.3 Å². The van der Waals surface area contributed by atoms with E-state index in [0.29, 0.717) is 46.9 Å². The van der Waals surface area contributed by atoms with Gasteiger partial charge in [-0.1, -0.05) is 36.7 Å². The average molecular weight is 497 g/mol. The fourth-order valence-electron chi connectivity index (χ4n) is 3.79. The molecule has 0 saturated carbocycles. The summed E-state index contributed by atoms with van der Waals surface area (Å²) in [5.74, 6) is -1.20. The Bertz CT molecular complexity index is 1230. The van der Waals surface area contributed by atoms with Crippen molar-refractivity contribution in [3.05, 3.63) is 64.7 Å². The number of aliphatic carboxylic acids is 1. The SMILES string of the molecule is CCCC(=O)O.C[C@H]1CN(C(=O)c2ccc3c(Cl)cc(-c4ccc(C(N)=O)cc4)nc3c2)CCN1. The summed E-state index contributed by atoms with van der Waals surface area (Å²) in [4.78, 5) is 40.4. The van der Waals surface area contributed by atoms with Crippen LogP contribution in [-0.4, -0.2) is 58.5 Å². The number of halogens is 1. The fourth-order valence-corrected chi connectivity index (χ4v) is 4.05. The Hall–Kier alpha value is -3.49. The molecule has 1 aliphatic rings. The molecule has 35 heavy (non-hydrogen) atoms. The highest BCUT2D eigenvalue weighted by Gasteiger charge is 2.22. The largest absolute Gasteiger partial charge is 0.481 e. The lowest BCUT2D eigenvalue weighted by molar-refractivity contribution is -0.137. The van der Waals surface area contributed by atoms with Crippen molar-refractivity contribution < 1.29 is 19.5 Å². The topological polar surface area (TPSA) is 126 Å². The molecule has 0 spiro atoms. The number of primary amides is 1. The number of pyridine rings is 1. The molecule has 2 heterocycles. The maximum Gasteiger partial charge on any atom is 0.303 e. The summed E-state index contributed by atoms with van der Waals surface area (Å²) in [6.45, 7) is 6.06. The van der Waals surface area contributed by atoms with Crippen molar-refractivity contribution in [2.24, 2.45) is 5.73 Å². The molecule has 1 aromatic heterocycles. The van der Waals surface area contributed by atoms with E-state index in [1.807, 2.05) is 17.9 Å². The van der Waals surface area contributed by atoms with Gasteiger partial charge in [-0.15, -0.1) is 0 Å². The number of rotatable bonds is 5. The summed E-state index contributed by atoms with van der Waals surface area (Å²) >= 11 is 6.48. The molecule has 3 aromatic rings. The number of amides is 2. The molecule has 0 radical (unpaired) electrons. The van der Waals surface area contributed by atoms with Crippen LogP contribution in [0, 0.1) is 0 Å². The third-order valence-electron chi connectivity index (χ3n) is 5.59. The molecular weight excluding hydrogens is 468 g/mol. The molecule has 1 saturated heterocycles. The number of carboxylic acid groups (broad SMARTS) is 1. The minimum atomic E-state index is -0.711. The van der Waals surface area contributed by atoms with Gasteiger partial charge >= 0.3 is 5.97 Å². The van der Waals surface area contributed by atoms with Crippen LogP contribution in [0.25, 0.3) is 22.2 Å². The lowest BCUT2D eigenvalue weighted by Gasteiger charge is -2.32. The molecule has 1 aliphatic heterocycles. The Morgan fingerprint density at radius 2 is 1.83 bits per heavy atom. The Kier molecular flexibility index (Phi) is 8.78. The Balaban J connectivity index is 0.000000509. The molecular formula is C26H29ClN4O4. The minimum Gasteiger partial charge on any atom is -0.481 e. The highest BCUT2D eigenvalue weighted by atomic mass is 35.5. The van der Waals surface area contributed by atoms with Crippen LogP contribution in [-0.2, 0) is 4.79 Å². The van der Waals surface area contributed by atoms with Crippen LogP contribution in [0.4, 0.5) is 0 Å². The van der Waals surface area contributed by atoms with Crippen molar-refractivity contribution in [2.45, 2.75) is 32.7 Å². The van der Waals surface area contributed by atoms with E-state index >= 15 is 0 Å². The number of carbonyl (C=O) groups is 3. The van der Waals surface area contributed by atoms with E-state index in [1.165, 1.54) is 0 Å². The zero-order valence-electron chi connectivity index (χ0n) is 19.8. The molecule has 0 aliphatic carbocycles. The van der Waals surface area contributed by atoms with Gasteiger partial charge in [-0.05, 0) is 43.7 Å². The number of fused-ring (bicyclic) bond motifs is 1. The lowest BCUT2D eigenvalue weighted by atomic mass is 10.1. The van der Waals surface area contributed by atoms with Crippen molar-refractivity contribution in [1.82, 2.24) is 15.2 Å². The van der Waals surface area contributed by atoms with E-state index in [1.54, 1.807) is 42.5 Å². The molecule has 4 N–H and O–H groups in total. The van der Waals surface area contributed by atoms with Gasteiger partial charge in [0.05, 0.1) is 16.2 Å². The maximum atomic E-state index is 12.9. The molecule has 2 amide bonds. The van der Waals surface area contributed by atoms with E-state index in [0.717, 1.165) is 23.9 Å². The number of nitrogens with zero attached hydrogens (tertiary/aromatic N) is 2. The zero-order valence-corrected chi connectivity index (χ0v) is 20.5. The molecule has 1 fully saturated rings. The van der Waals surface area contributed by atoms with Crippen LogP contribution >= 0.6 is 11.6 Å². The van der Waals surface area contributed by atoms with Gasteiger partial charge in [-0.2, -0.15) is 0 Å². The van der Waals surface area contributed by atoms with E-state index in [9.17, 15) is 14.4 Å². The van der Waals surface area contributed by atoms with Crippen LogP contribution < -0.4 is 11.1 Å². The van der Waals surface area contributed by atoms with E-state index < -0.39 is 11.9 Å². The first-order valence-electron chi connectivity index (χ1n) is 11.4. The lowest BCUT2D eigenvalue weighted by Crippen LogP contribution is -2.51. The minimum absolute atomic E-state index is 0.00520. The summed E-state index contributed by atoms with van der Waals surface area (Å²) in [5.41, 5.74) is 8.45. The van der Waals surface area contributed by atoms with Gasteiger partial charge in [0.1, 0.15) is 0 Å². The van der Waals surface area contributed by atoms with Crippen molar-refractivity contribution in [2.75, 3.05) is 19.6 Å². The van der Waals surface area contributed by atoms with Crippen LogP contribution in [0.15, 0.2) is 48.5 Å². The monoisotopic (exact) mass is 496 g/mol. The third-order valence-corrected chi connectivity index (χ3v) is 5.90.